The molecule has 0 fully saturated rings. The second kappa shape index (κ2) is 7.09. The van der Waals surface area contributed by atoms with Crippen LogP contribution in [0.2, 0.25) is 0 Å². The predicted molar refractivity (Wildman–Crippen MR) is 96.5 cm³/mol. The first kappa shape index (κ1) is 17.2. The molecule has 1 amide bonds. The van der Waals surface area contributed by atoms with Crippen molar-refractivity contribution in [2.24, 2.45) is 0 Å². The smallest absolute Gasteiger partial charge is 0.331 e. The molecule has 0 aliphatic carbocycles. The Balaban J connectivity index is 1.76. The molecule has 2 aromatic carbocycles. The van der Waals surface area contributed by atoms with Gasteiger partial charge in [-0.2, -0.15) is 0 Å². The Morgan fingerprint density at radius 3 is 2.64 bits per heavy atom. The van der Waals surface area contributed by atoms with Crippen molar-refractivity contribution < 1.29 is 14.7 Å². The number of nitrogens with zero attached hydrogens (tertiary/aromatic N) is 1. The normalized spacial score (nSPS) is 16.4. The quantitative estimate of drug-likeness (QED) is 0.930. The zero-order valence-corrected chi connectivity index (χ0v) is 14.7. The van der Waals surface area contributed by atoms with Crippen molar-refractivity contribution in [3.8, 4) is 0 Å². The van der Waals surface area contributed by atoms with Gasteiger partial charge in [0, 0.05) is 13.0 Å². The molecule has 130 valence electrons. The number of fused-ring (bicyclic) bond motifs is 1. The summed E-state index contributed by atoms with van der Waals surface area (Å²) < 4.78 is 0. The summed E-state index contributed by atoms with van der Waals surface area (Å²) in [6, 6.07) is 12.8. The van der Waals surface area contributed by atoms with Gasteiger partial charge in [-0.25, -0.2) is 4.79 Å². The van der Waals surface area contributed by atoms with Gasteiger partial charge in [-0.05, 0) is 48.9 Å². The summed E-state index contributed by atoms with van der Waals surface area (Å²) in [5.74, 6) is -1.06. The van der Waals surface area contributed by atoms with E-state index in [9.17, 15) is 14.7 Å². The minimum atomic E-state index is -0.966. The topological polar surface area (TPSA) is 57.6 Å². The average Bonchev–Trinajstić information content (AvgIpc) is 2.59. The zero-order chi connectivity index (χ0) is 18.0. The molecule has 0 aromatic heterocycles. The molecule has 3 rings (SSSR count). The van der Waals surface area contributed by atoms with E-state index in [1.807, 2.05) is 44.2 Å². The number of benzene rings is 2. The molecule has 0 spiro atoms. The molecule has 1 aliphatic heterocycles. The summed E-state index contributed by atoms with van der Waals surface area (Å²) in [5, 5.41) is 9.67. The Bertz CT molecular complexity index is 813. The van der Waals surface area contributed by atoms with Crippen molar-refractivity contribution in [2.75, 3.05) is 6.54 Å². The number of hydrogen-bond donors (Lipinski definition) is 1. The first-order chi connectivity index (χ1) is 12.0. The molecule has 1 atom stereocenters. The number of amides is 1. The lowest BCUT2D eigenvalue weighted by Gasteiger charge is -2.35. The van der Waals surface area contributed by atoms with Crippen molar-refractivity contribution in [3.63, 3.8) is 0 Å². The van der Waals surface area contributed by atoms with E-state index in [0.29, 0.717) is 25.8 Å². The Kier molecular flexibility index (Phi) is 4.88. The Labute approximate surface area is 148 Å². The minimum absolute atomic E-state index is 0.0955. The molecular formula is C21H23NO3. The highest BCUT2D eigenvalue weighted by molar-refractivity contribution is 5.85. The predicted octanol–water partition coefficient (Wildman–Crippen LogP) is 3.45. The lowest BCUT2D eigenvalue weighted by Crippen LogP contribution is -2.43. The van der Waals surface area contributed by atoms with Gasteiger partial charge in [0.15, 0.2) is 6.04 Å². The van der Waals surface area contributed by atoms with Crippen molar-refractivity contribution >= 4 is 11.9 Å². The fourth-order valence-corrected chi connectivity index (χ4v) is 3.61. The van der Waals surface area contributed by atoms with Gasteiger partial charge in [-0.15, -0.1) is 0 Å². The average molecular weight is 337 g/mol. The van der Waals surface area contributed by atoms with Gasteiger partial charge in [0.25, 0.3) is 0 Å². The lowest BCUT2D eigenvalue weighted by molar-refractivity contribution is -0.151. The van der Waals surface area contributed by atoms with E-state index in [1.165, 1.54) is 16.0 Å². The van der Waals surface area contributed by atoms with Crippen LogP contribution in [0.4, 0.5) is 0 Å². The van der Waals surface area contributed by atoms with E-state index in [2.05, 4.69) is 12.1 Å². The van der Waals surface area contributed by atoms with Crippen LogP contribution in [0.5, 0.6) is 0 Å². The highest BCUT2D eigenvalue weighted by Crippen LogP contribution is 2.30. The van der Waals surface area contributed by atoms with E-state index < -0.39 is 12.0 Å². The third-order valence-electron chi connectivity index (χ3n) is 4.94. The molecule has 1 unspecified atom stereocenters. The highest BCUT2D eigenvalue weighted by atomic mass is 16.4. The van der Waals surface area contributed by atoms with Gasteiger partial charge in [0.05, 0.1) is 0 Å². The van der Waals surface area contributed by atoms with Crippen molar-refractivity contribution in [2.45, 2.75) is 39.2 Å². The standard InChI is InChI=1S/C21H23NO3/c1-14-7-8-16(15(2)13-14)9-10-19(23)22-12-11-17-5-3-4-6-18(17)20(22)21(24)25/h3-8,13,20H,9-12H2,1-2H3,(H,24,25). The zero-order valence-electron chi connectivity index (χ0n) is 14.7. The maximum Gasteiger partial charge on any atom is 0.331 e. The number of carbonyl (C=O) groups is 2. The van der Waals surface area contributed by atoms with Crippen LogP contribution in [0.1, 0.15) is 40.3 Å². The second-order valence-electron chi connectivity index (χ2n) is 6.71. The number of carboxylic acid groups (broad SMARTS) is 1. The summed E-state index contributed by atoms with van der Waals surface area (Å²) in [4.78, 5) is 26.1. The summed E-state index contributed by atoms with van der Waals surface area (Å²) >= 11 is 0. The molecular weight excluding hydrogens is 314 g/mol. The second-order valence-corrected chi connectivity index (χ2v) is 6.71. The Hall–Kier alpha value is -2.62. The number of aliphatic carboxylic acids is 1. The summed E-state index contributed by atoms with van der Waals surface area (Å²) in [7, 11) is 0. The van der Waals surface area contributed by atoms with E-state index in [0.717, 1.165) is 16.7 Å². The fourth-order valence-electron chi connectivity index (χ4n) is 3.61. The van der Waals surface area contributed by atoms with Crippen molar-refractivity contribution in [1.82, 2.24) is 4.90 Å². The molecule has 2 aromatic rings. The fraction of sp³-hybridized carbons (Fsp3) is 0.333. The summed E-state index contributed by atoms with van der Waals surface area (Å²) in [6.45, 7) is 4.55. The first-order valence-electron chi connectivity index (χ1n) is 8.63. The van der Waals surface area contributed by atoms with Crippen LogP contribution in [0.3, 0.4) is 0 Å². The maximum atomic E-state index is 12.7. The monoisotopic (exact) mass is 337 g/mol. The van der Waals surface area contributed by atoms with Gasteiger partial charge in [-0.3, -0.25) is 4.79 Å². The summed E-state index contributed by atoms with van der Waals surface area (Å²) in [6.07, 6.45) is 1.67. The van der Waals surface area contributed by atoms with Gasteiger partial charge in [-0.1, -0.05) is 48.0 Å². The first-order valence-corrected chi connectivity index (χ1v) is 8.63. The van der Waals surface area contributed by atoms with Crippen LogP contribution in [0.15, 0.2) is 42.5 Å². The number of aryl methyl sites for hydroxylation is 3. The maximum absolute atomic E-state index is 12.7. The van der Waals surface area contributed by atoms with E-state index in [4.69, 9.17) is 0 Å². The Morgan fingerprint density at radius 2 is 1.92 bits per heavy atom. The van der Waals surface area contributed by atoms with Crippen LogP contribution in [0, 0.1) is 13.8 Å². The van der Waals surface area contributed by atoms with E-state index >= 15 is 0 Å². The molecule has 1 N–H and O–H groups in total. The van der Waals surface area contributed by atoms with Crippen LogP contribution in [-0.2, 0) is 22.4 Å². The van der Waals surface area contributed by atoms with Crippen molar-refractivity contribution in [3.05, 3.63) is 70.3 Å². The van der Waals surface area contributed by atoms with E-state index in [1.54, 1.807) is 0 Å². The summed E-state index contributed by atoms with van der Waals surface area (Å²) in [5.41, 5.74) is 5.27. The molecule has 25 heavy (non-hydrogen) atoms. The van der Waals surface area contributed by atoms with Gasteiger partial charge >= 0.3 is 5.97 Å². The molecule has 4 nitrogen and oxygen atoms in total. The molecule has 4 heteroatoms. The number of carboxylic acids is 1. The third-order valence-corrected chi connectivity index (χ3v) is 4.94. The van der Waals surface area contributed by atoms with Crippen LogP contribution in [0.25, 0.3) is 0 Å². The van der Waals surface area contributed by atoms with Gasteiger partial charge < -0.3 is 10.0 Å². The SMILES string of the molecule is Cc1ccc(CCC(=O)N2CCc3ccccc3C2C(=O)O)c(C)c1. The molecule has 0 bridgehead atoms. The lowest BCUT2D eigenvalue weighted by atomic mass is 9.92. The Morgan fingerprint density at radius 1 is 1.16 bits per heavy atom. The van der Waals surface area contributed by atoms with Crippen LogP contribution < -0.4 is 0 Å². The van der Waals surface area contributed by atoms with E-state index in [-0.39, 0.29) is 5.91 Å². The molecule has 0 saturated heterocycles. The number of rotatable bonds is 4. The minimum Gasteiger partial charge on any atom is -0.479 e. The molecule has 0 saturated carbocycles. The highest BCUT2D eigenvalue weighted by Gasteiger charge is 2.35. The third kappa shape index (κ3) is 3.58. The largest absolute Gasteiger partial charge is 0.479 e. The number of carbonyl (C=O) groups excluding carboxylic acids is 1. The number of hydrogen-bond acceptors (Lipinski definition) is 2. The molecule has 1 heterocycles. The molecule has 1 aliphatic rings. The van der Waals surface area contributed by atoms with Gasteiger partial charge in [0.1, 0.15) is 0 Å². The van der Waals surface area contributed by atoms with Crippen molar-refractivity contribution in [1.29, 1.82) is 0 Å². The van der Waals surface area contributed by atoms with Crippen LogP contribution >= 0.6 is 0 Å². The molecule has 0 radical (unpaired) electrons. The van der Waals surface area contributed by atoms with Gasteiger partial charge in [0.2, 0.25) is 5.91 Å². The van der Waals surface area contributed by atoms with Crippen LogP contribution in [-0.4, -0.2) is 28.4 Å².